The molecule has 0 aromatic carbocycles. The lowest BCUT2D eigenvalue weighted by Crippen LogP contribution is -2.33. The van der Waals surface area contributed by atoms with Crippen LogP contribution in [0, 0.1) is 11.3 Å². The molecule has 2 N–H and O–H groups in total. The summed E-state index contributed by atoms with van der Waals surface area (Å²) >= 11 is 0. The molecule has 0 saturated heterocycles. The van der Waals surface area contributed by atoms with Crippen LogP contribution in [0.5, 0.6) is 0 Å². The number of hydrogen-bond acceptors (Lipinski definition) is 3. The molecule has 3 heteroatoms. The van der Waals surface area contributed by atoms with E-state index in [9.17, 15) is 0 Å². The Balaban J connectivity index is 3.06. The normalized spacial score (nSPS) is 14.8. The van der Waals surface area contributed by atoms with E-state index in [-0.39, 0.29) is 0 Å². The number of nitriles is 1. The van der Waals surface area contributed by atoms with Crippen molar-refractivity contribution < 1.29 is 0 Å². The van der Waals surface area contributed by atoms with Crippen LogP contribution in [0.25, 0.3) is 0 Å². The van der Waals surface area contributed by atoms with Crippen LogP contribution >= 0.6 is 0 Å². The van der Waals surface area contributed by atoms with Crippen molar-refractivity contribution in [1.82, 2.24) is 4.98 Å². The third-order valence-corrected chi connectivity index (χ3v) is 1.95. The molecule has 12 heavy (non-hydrogen) atoms. The summed E-state index contributed by atoms with van der Waals surface area (Å²) < 4.78 is 0. The largest absolute Gasteiger partial charge is 0.310 e. The molecule has 0 aliphatic rings. The minimum atomic E-state index is -0.858. The van der Waals surface area contributed by atoms with Gasteiger partial charge < -0.3 is 5.73 Å². The van der Waals surface area contributed by atoms with Gasteiger partial charge in [0.2, 0.25) is 0 Å². The van der Waals surface area contributed by atoms with E-state index in [2.05, 4.69) is 11.1 Å². The minimum Gasteiger partial charge on any atom is -0.310 e. The minimum absolute atomic E-state index is 0.605. The molecule has 0 radical (unpaired) electrons. The lowest BCUT2D eigenvalue weighted by atomic mass is 9.91. The number of aromatic nitrogens is 1. The van der Waals surface area contributed by atoms with Crippen LogP contribution in [0.15, 0.2) is 24.5 Å². The number of pyridine rings is 1. The molecule has 0 amide bonds. The monoisotopic (exact) mass is 161 g/mol. The first-order valence-corrected chi connectivity index (χ1v) is 3.83. The summed E-state index contributed by atoms with van der Waals surface area (Å²) in [5.74, 6) is 0. The van der Waals surface area contributed by atoms with Crippen LogP contribution in [-0.2, 0) is 5.54 Å². The molecule has 1 heterocycles. The van der Waals surface area contributed by atoms with Crippen molar-refractivity contribution in [2.45, 2.75) is 18.9 Å². The molecule has 0 aliphatic carbocycles. The Bertz CT molecular complexity index is 288. The maximum absolute atomic E-state index is 8.84. The first kappa shape index (κ1) is 8.69. The predicted octanol–water partition coefficient (Wildman–Crippen LogP) is 1.17. The van der Waals surface area contributed by atoms with Crippen LogP contribution < -0.4 is 5.73 Å². The van der Waals surface area contributed by atoms with Crippen molar-refractivity contribution in [1.29, 1.82) is 5.26 Å². The molecule has 0 aliphatic heterocycles. The van der Waals surface area contributed by atoms with Crippen molar-refractivity contribution in [3.63, 3.8) is 0 Å². The molecule has 1 atom stereocenters. The molecule has 1 aromatic rings. The van der Waals surface area contributed by atoms with Crippen LogP contribution in [0.2, 0.25) is 0 Å². The average Bonchev–Trinajstić information content (AvgIpc) is 2.18. The quantitative estimate of drug-likeness (QED) is 0.708. The highest BCUT2D eigenvalue weighted by Crippen LogP contribution is 2.19. The summed E-state index contributed by atoms with van der Waals surface area (Å²) in [5.41, 5.74) is 5.79. The second kappa shape index (κ2) is 3.33. The van der Waals surface area contributed by atoms with E-state index >= 15 is 0 Å². The van der Waals surface area contributed by atoms with Gasteiger partial charge in [-0.25, -0.2) is 0 Å². The maximum atomic E-state index is 8.84. The number of rotatable bonds is 2. The summed E-state index contributed by atoms with van der Waals surface area (Å²) in [6, 6.07) is 5.64. The van der Waals surface area contributed by atoms with Crippen LogP contribution in [0.3, 0.4) is 0 Å². The van der Waals surface area contributed by atoms with Gasteiger partial charge in [0.05, 0.1) is 6.07 Å². The second-order valence-corrected chi connectivity index (χ2v) is 2.67. The van der Waals surface area contributed by atoms with Gasteiger partial charge in [0.25, 0.3) is 0 Å². The lowest BCUT2D eigenvalue weighted by molar-refractivity contribution is 0.554. The molecule has 1 aromatic heterocycles. The molecule has 0 spiro atoms. The molecule has 0 bridgehead atoms. The van der Waals surface area contributed by atoms with Gasteiger partial charge in [-0.05, 0) is 24.1 Å². The van der Waals surface area contributed by atoms with Gasteiger partial charge in [-0.3, -0.25) is 4.98 Å². The smallest absolute Gasteiger partial charge is 0.129 e. The van der Waals surface area contributed by atoms with Gasteiger partial charge in [-0.2, -0.15) is 5.26 Å². The lowest BCUT2D eigenvalue weighted by Gasteiger charge is -2.18. The van der Waals surface area contributed by atoms with Gasteiger partial charge in [0, 0.05) is 12.4 Å². The van der Waals surface area contributed by atoms with Crippen molar-refractivity contribution in [3.8, 4) is 6.07 Å². The molecule has 0 saturated carbocycles. The fraction of sp³-hybridized carbons (Fsp3) is 0.333. The molecule has 0 fully saturated rings. The summed E-state index contributed by atoms with van der Waals surface area (Å²) in [4.78, 5) is 3.86. The maximum Gasteiger partial charge on any atom is 0.129 e. The van der Waals surface area contributed by atoms with E-state index in [4.69, 9.17) is 11.0 Å². The second-order valence-electron chi connectivity index (χ2n) is 2.67. The highest BCUT2D eigenvalue weighted by molar-refractivity contribution is 5.28. The Hall–Kier alpha value is -1.40. The average molecular weight is 161 g/mol. The van der Waals surface area contributed by atoms with E-state index in [1.165, 1.54) is 0 Å². The van der Waals surface area contributed by atoms with Crippen LogP contribution in [0.4, 0.5) is 0 Å². The number of hydrogen-bond donors (Lipinski definition) is 1. The predicted molar refractivity (Wildman–Crippen MR) is 46.0 cm³/mol. The van der Waals surface area contributed by atoms with Gasteiger partial charge >= 0.3 is 0 Å². The van der Waals surface area contributed by atoms with Gasteiger partial charge in [0.15, 0.2) is 0 Å². The van der Waals surface area contributed by atoms with E-state index in [0.29, 0.717) is 6.42 Å². The zero-order valence-corrected chi connectivity index (χ0v) is 6.99. The van der Waals surface area contributed by atoms with Crippen molar-refractivity contribution in [3.05, 3.63) is 30.1 Å². The molecule has 1 rings (SSSR count). The molecule has 1 unspecified atom stereocenters. The number of nitrogens with two attached hydrogens (primary N) is 1. The fourth-order valence-corrected chi connectivity index (χ4v) is 0.997. The summed E-state index contributed by atoms with van der Waals surface area (Å²) in [6.45, 7) is 1.89. The summed E-state index contributed by atoms with van der Waals surface area (Å²) in [6.07, 6.45) is 3.89. The van der Waals surface area contributed by atoms with Gasteiger partial charge in [-0.15, -0.1) is 0 Å². The van der Waals surface area contributed by atoms with Crippen LogP contribution in [-0.4, -0.2) is 4.98 Å². The molecule has 62 valence electrons. The highest BCUT2D eigenvalue weighted by Gasteiger charge is 2.23. The van der Waals surface area contributed by atoms with Crippen LogP contribution in [0.1, 0.15) is 18.9 Å². The standard InChI is InChI=1S/C9H11N3/c1-2-9(11,7-10)8-3-5-12-6-4-8/h3-6H,2,11H2,1H3. The number of nitrogens with zero attached hydrogens (tertiary/aromatic N) is 2. The topological polar surface area (TPSA) is 62.7 Å². The molecular weight excluding hydrogens is 150 g/mol. The van der Waals surface area contributed by atoms with Gasteiger partial charge in [-0.1, -0.05) is 6.92 Å². The molecule has 3 nitrogen and oxygen atoms in total. The highest BCUT2D eigenvalue weighted by atomic mass is 14.7. The Morgan fingerprint density at radius 2 is 2.17 bits per heavy atom. The zero-order valence-electron chi connectivity index (χ0n) is 6.99. The third kappa shape index (κ3) is 1.44. The zero-order chi connectivity index (χ0) is 9.03. The summed E-state index contributed by atoms with van der Waals surface area (Å²) in [5, 5.41) is 8.84. The summed E-state index contributed by atoms with van der Waals surface area (Å²) in [7, 11) is 0. The van der Waals surface area contributed by atoms with Crippen molar-refractivity contribution >= 4 is 0 Å². The van der Waals surface area contributed by atoms with E-state index in [0.717, 1.165) is 5.56 Å². The third-order valence-electron chi connectivity index (χ3n) is 1.95. The van der Waals surface area contributed by atoms with E-state index in [1.54, 1.807) is 24.5 Å². The van der Waals surface area contributed by atoms with Crippen molar-refractivity contribution in [2.75, 3.05) is 0 Å². The SMILES string of the molecule is CCC(N)(C#N)c1ccncc1. The van der Waals surface area contributed by atoms with E-state index < -0.39 is 5.54 Å². The van der Waals surface area contributed by atoms with Crippen molar-refractivity contribution in [2.24, 2.45) is 5.73 Å². The fourth-order valence-electron chi connectivity index (χ4n) is 0.997. The Morgan fingerprint density at radius 3 is 2.58 bits per heavy atom. The first-order valence-electron chi connectivity index (χ1n) is 3.83. The Kier molecular flexibility index (Phi) is 2.41. The van der Waals surface area contributed by atoms with E-state index in [1.807, 2.05) is 6.92 Å². The van der Waals surface area contributed by atoms with Gasteiger partial charge in [0.1, 0.15) is 5.54 Å². The Labute approximate surface area is 71.8 Å². The Morgan fingerprint density at radius 1 is 1.58 bits per heavy atom. The molecular formula is C9H11N3. The first-order chi connectivity index (χ1) is 5.73.